The fraction of sp³-hybridized carbons (Fsp3) is 0.375. The number of nitrogens with zero attached hydrogens (tertiary/aromatic N) is 6. The fourth-order valence-corrected chi connectivity index (χ4v) is 1.41. The molecule has 0 spiro atoms. The minimum Gasteiger partial charge on any atom is -0.467 e. The van der Waals surface area contributed by atoms with Gasteiger partial charge in [-0.05, 0) is 6.26 Å². The highest BCUT2D eigenvalue weighted by Gasteiger charge is 2.09. The van der Waals surface area contributed by atoms with Gasteiger partial charge in [-0.25, -0.2) is 4.98 Å². The minimum absolute atomic E-state index is 0.223. The lowest BCUT2D eigenvalue weighted by Crippen LogP contribution is -2.08. The lowest BCUT2D eigenvalue weighted by molar-refractivity contribution is 0.377. The Labute approximate surface area is 102 Å². The molecule has 0 aliphatic carbocycles. The predicted molar refractivity (Wildman–Crippen MR) is 62.6 cm³/mol. The van der Waals surface area contributed by atoms with E-state index in [1.165, 1.54) is 23.6 Å². The topological polar surface area (TPSA) is 90.6 Å². The highest BCUT2D eigenvalue weighted by Crippen LogP contribution is 2.12. The Kier molecular flexibility index (Phi) is 3.38. The lowest BCUT2D eigenvalue weighted by atomic mass is 10.8. The molecule has 2 aromatic rings. The van der Waals surface area contributed by atoms with E-state index in [4.69, 9.17) is 4.74 Å². The van der Waals surface area contributed by atoms with Crippen molar-refractivity contribution in [3.63, 3.8) is 0 Å². The van der Waals surface area contributed by atoms with Crippen LogP contribution in [0.5, 0.6) is 6.01 Å². The zero-order valence-electron chi connectivity index (χ0n) is 9.58. The molecule has 0 fully saturated rings. The standard InChI is InChI=1S/C8H11N7OS/c1-9-5-11-6(13-7(12-5)16-2)15-4-10-8(14-15)17-3/h4H,1-3H3,(H,9,11,12,13). The molecular formula is C8H11N7OS. The number of rotatable bonds is 4. The predicted octanol–water partition coefficient (Wildman–Crippen LogP) is 0.224. The normalized spacial score (nSPS) is 10.3. The third kappa shape index (κ3) is 2.44. The van der Waals surface area contributed by atoms with Gasteiger partial charge >= 0.3 is 6.01 Å². The molecule has 90 valence electrons. The van der Waals surface area contributed by atoms with Crippen LogP contribution in [0.3, 0.4) is 0 Å². The quantitative estimate of drug-likeness (QED) is 0.774. The summed E-state index contributed by atoms with van der Waals surface area (Å²) in [5, 5.41) is 7.65. The molecule has 0 saturated carbocycles. The Morgan fingerprint density at radius 1 is 1.35 bits per heavy atom. The molecule has 0 radical (unpaired) electrons. The number of nitrogens with one attached hydrogen (secondary N) is 1. The molecule has 0 amide bonds. The molecule has 0 unspecified atom stereocenters. The number of ether oxygens (including phenoxy) is 1. The summed E-state index contributed by atoms with van der Waals surface area (Å²) < 4.78 is 6.45. The molecule has 0 saturated heterocycles. The van der Waals surface area contributed by atoms with E-state index < -0.39 is 0 Å². The van der Waals surface area contributed by atoms with Crippen molar-refractivity contribution in [3.05, 3.63) is 6.33 Å². The molecule has 8 nitrogen and oxygen atoms in total. The van der Waals surface area contributed by atoms with Gasteiger partial charge in [-0.1, -0.05) is 11.8 Å². The van der Waals surface area contributed by atoms with Crippen LogP contribution in [0.1, 0.15) is 0 Å². The third-order valence-corrected chi connectivity index (χ3v) is 2.42. The summed E-state index contributed by atoms with van der Waals surface area (Å²) in [7, 11) is 3.21. The molecule has 0 atom stereocenters. The first kappa shape index (κ1) is 11.6. The van der Waals surface area contributed by atoms with Crippen molar-refractivity contribution in [2.45, 2.75) is 5.16 Å². The fourth-order valence-electron chi connectivity index (χ4n) is 1.09. The second-order valence-electron chi connectivity index (χ2n) is 2.87. The van der Waals surface area contributed by atoms with Crippen LogP contribution in [-0.2, 0) is 0 Å². The maximum absolute atomic E-state index is 4.98. The summed E-state index contributed by atoms with van der Waals surface area (Å²) in [5.41, 5.74) is 0. The summed E-state index contributed by atoms with van der Waals surface area (Å²) in [6.07, 6.45) is 3.44. The third-order valence-electron chi connectivity index (χ3n) is 1.87. The first-order valence-electron chi connectivity index (χ1n) is 4.70. The van der Waals surface area contributed by atoms with Gasteiger partial charge in [0.05, 0.1) is 7.11 Å². The number of hydrogen-bond donors (Lipinski definition) is 1. The number of hydrogen-bond acceptors (Lipinski definition) is 8. The molecular weight excluding hydrogens is 242 g/mol. The molecule has 0 aromatic carbocycles. The number of methoxy groups -OCH3 is 1. The van der Waals surface area contributed by atoms with Crippen LogP contribution in [0.2, 0.25) is 0 Å². The van der Waals surface area contributed by atoms with Gasteiger partial charge in [-0.2, -0.15) is 19.6 Å². The molecule has 0 aliphatic heterocycles. The second kappa shape index (κ2) is 4.95. The minimum atomic E-state index is 0.223. The molecule has 9 heteroatoms. The molecule has 2 rings (SSSR count). The molecule has 17 heavy (non-hydrogen) atoms. The van der Waals surface area contributed by atoms with E-state index in [1.807, 2.05) is 6.26 Å². The van der Waals surface area contributed by atoms with Gasteiger partial charge in [-0.3, -0.25) is 0 Å². The Morgan fingerprint density at radius 2 is 2.18 bits per heavy atom. The van der Waals surface area contributed by atoms with Crippen LogP contribution < -0.4 is 10.1 Å². The van der Waals surface area contributed by atoms with Crippen LogP contribution in [0.4, 0.5) is 5.95 Å². The van der Waals surface area contributed by atoms with E-state index in [1.54, 1.807) is 13.4 Å². The van der Waals surface area contributed by atoms with E-state index in [0.717, 1.165) is 0 Å². The van der Waals surface area contributed by atoms with Crippen LogP contribution in [0, 0.1) is 0 Å². The lowest BCUT2D eigenvalue weighted by Gasteiger charge is -2.04. The Hall–Kier alpha value is -1.90. The summed E-state index contributed by atoms with van der Waals surface area (Å²) in [6, 6.07) is 0.223. The zero-order chi connectivity index (χ0) is 12.3. The molecule has 1 N–H and O–H groups in total. The second-order valence-corrected chi connectivity index (χ2v) is 3.64. The van der Waals surface area contributed by atoms with Crippen LogP contribution >= 0.6 is 11.8 Å². The Morgan fingerprint density at radius 3 is 2.76 bits per heavy atom. The van der Waals surface area contributed by atoms with Gasteiger partial charge in [0, 0.05) is 7.05 Å². The summed E-state index contributed by atoms with van der Waals surface area (Å²) in [6.45, 7) is 0. The Balaban J connectivity index is 2.43. The van der Waals surface area contributed by atoms with Gasteiger partial charge < -0.3 is 10.1 Å². The average molecular weight is 253 g/mol. The average Bonchev–Trinajstić information content (AvgIpc) is 2.86. The van der Waals surface area contributed by atoms with Gasteiger partial charge in [0.25, 0.3) is 5.95 Å². The van der Waals surface area contributed by atoms with Crippen molar-refractivity contribution >= 4 is 17.7 Å². The van der Waals surface area contributed by atoms with Gasteiger partial charge in [0.2, 0.25) is 11.1 Å². The monoisotopic (exact) mass is 253 g/mol. The van der Waals surface area contributed by atoms with Crippen molar-refractivity contribution in [2.24, 2.45) is 0 Å². The van der Waals surface area contributed by atoms with E-state index in [0.29, 0.717) is 17.1 Å². The van der Waals surface area contributed by atoms with Crippen LogP contribution in [0.25, 0.3) is 5.95 Å². The van der Waals surface area contributed by atoms with E-state index in [9.17, 15) is 0 Å². The van der Waals surface area contributed by atoms with E-state index >= 15 is 0 Å². The van der Waals surface area contributed by atoms with Crippen molar-refractivity contribution in [2.75, 3.05) is 25.7 Å². The van der Waals surface area contributed by atoms with Crippen molar-refractivity contribution in [1.82, 2.24) is 29.7 Å². The maximum Gasteiger partial charge on any atom is 0.322 e. The summed E-state index contributed by atoms with van der Waals surface area (Å²) >= 11 is 1.44. The van der Waals surface area contributed by atoms with Gasteiger partial charge in [0.1, 0.15) is 6.33 Å². The summed E-state index contributed by atoms with van der Waals surface area (Å²) in [5.74, 6) is 0.766. The largest absolute Gasteiger partial charge is 0.467 e. The highest BCUT2D eigenvalue weighted by molar-refractivity contribution is 7.98. The number of aromatic nitrogens is 6. The smallest absolute Gasteiger partial charge is 0.322 e. The van der Waals surface area contributed by atoms with Crippen LogP contribution in [0.15, 0.2) is 11.5 Å². The summed E-state index contributed by atoms with van der Waals surface area (Å²) in [4.78, 5) is 16.3. The van der Waals surface area contributed by atoms with Crippen molar-refractivity contribution in [3.8, 4) is 12.0 Å². The SMILES string of the molecule is CNc1nc(OC)nc(-n2cnc(SC)n2)n1. The van der Waals surface area contributed by atoms with Gasteiger partial charge in [-0.15, -0.1) is 5.10 Å². The molecule has 0 aliphatic rings. The number of thioether (sulfide) groups is 1. The highest BCUT2D eigenvalue weighted by atomic mass is 32.2. The van der Waals surface area contributed by atoms with Gasteiger partial charge in [0.15, 0.2) is 0 Å². The first-order valence-corrected chi connectivity index (χ1v) is 5.93. The van der Waals surface area contributed by atoms with Crippen molar-refractivity contribution in [1.29, 1.82) is 0 Å². The zero-order valence-corrected chi connectivity index (χ0v) is 10.4. The number of anilines is 1. The Bertz CT molecular complexity index is 492. The van der Waals surface area contributed by atoms with E-state index in [2.05, 4.69) is 30.4 Å². The molecule has 0 bridgehead atoms. The van der Waals surface area contributed by atoms with Crippen molar-refractivity contribution < 1.29 is 4.74 Å². The molecule has 2 aromatic heterocycles. The van der Waals surface area contributed by atoms with Crippen LogP contribution in [-0.4, -0.2) is 50.1 Å². The van der Waals surface area contributed by atoms with E-state index in [-0.39, 0.29) is 6.01 Å². The molecule has 2 heterocycles. The maximum atomic E-state index is 4.98. The first-order chi connectivity index (χ1) is 8.26.